The van der Waals surface area contributed by atoms with Gasteiger partial charge in [0, 0.05) is 0 Å². The van der Waals surface area contributed by atoms with Crippen LogP contribution >= 0.6 is 0 Å². The highest BCUT2D eigenvalue weighted by atomic mass is 16.8. The minimum absolute atomic E-state index is 0.0165. The average Bonchev–Trinajstić information content (AvgIpc) is 3.85. The molecule has 8 rings (SSSR count). The third-order valence-electron chi connectivity index (χ3n) is 19.6. The van der Waals surface area contributed by atoms with Crippen LogP contribution in [0.4, 0.5) is 0 Å². The van der Waals surface area contributed by atoms with Crippen molar-refractivity contribution in [1.82, 2.24) is 0 Å². The quantitative estimate of drug-likeness (QED) is 0.0987. The lowest BCUT2D eigenvalue weighted by Gasteiger charge is -2.63. The van der Waals surface area contributed by atoms with E-state index in [1.807, 2.05) is 13.0 Å². The number of hydrogen-bond donors (Lipinski definition) is 10. The third-order valence-corrected chi connectivity index (χ3v) is 19.6. The summed E-state index contributed by atoms with van der Waals surface area (Å²) in [5.41, 5.74) is 1.49. The Bertz CT molecular complexity index is 1680. The summed E-state index contributed by atoms with van der Waals surface area (Å²) in [4.78, 5) is 0. The molecule has 3 aliphatic heterocycles. The molecule has 0 aromatic carbocycles. The maximum absolute atomic E-state index is 11.5. The minimum Gasteiger partial charge on any atom is -0.393 e. The Morgan fingerprint density at radius 2 is 1.27 bits per heavy atom. The van der Waals surface area contributed by atoms with Gasteiger partial charge in [-0.2, -0.15) is 0 Å². The summed E-state index contributed by atoms with van der Waals surface area (Å²) in [7, 11) is 0. The highest BCUT2D eigenvalue weighted by Gasteiger charge is 2.82. The molecule has 0 aromatic rings. The van der Waals surface area contributed by atoms with Crippen molar-refractivity contribution in [2.75, 3.05) is 13.2 Å². The second-order valence-electron chi connectivity index (χ2n) is 22.8. The topological polar surface area (TPSA) is 258 Å². The van der Waals surface area contributed by atoms with Crippen LogP contribution in [0.15, 0.2) is 11.6 Å². The highest BCUT2D eigenvalue weighted by molar-refractivity contribution is 5.31. The van der Waals surface area contributed by atoms with Gasteiger partial charge in [-0.15, -0.1) is 0 Å². The zero-order valence-electron chi connectivity index (χ0n) is 39.1. The molecule has 2 spiro atoms. The van der Waals surface area contributed by atoms with E-state index in [2.05, 4.69) is 34.6 Å². The molecule has 0 unspecified atom stereocenters. The largest absolute Gasteiger partial charge is 0.393 e. The Labute approximate surface area is 378 Å². The summed E-state index contributed by atoms with van der Waals surface area (Å²) in [5, 5.41) is 107. The standard InChI is InChI=1S/C48H80O16/c1-22(19-49)9-10-27(50)23(2)26-13-15-46(8)30-12-11-29-44(5,6)31(14-16-47(29)21-48(30,47)18-17-45(26,46)7)63-42-39(58)36(55)40(25(4)61-42)64-43-38(57)35(54)33(52)28(62-43)20-59-41-37(56)34(53)32(51)24(3)60-41/h9,23-43,49-58H,10-21H2,1-8H3/b22-9-/t23-,24+,25+,26+,27+,28-,29+,30+,31+,32-,33-,34+,35+,36+,37+,38+,39+,40-,41-,42+,43-,45+,46+,47+,48-/m0/s1. The van der Waals surface area contributed by atoms with Crippen LogP contribution in [0, 0.1) is 50.7 Å². The normalized spacial score (nSPS) is 54.5. The molecule has 0 bridgehead atoms. The minimum atomic E-state index is -1.76. The molecule has 3 saturated heterocycles. The molecule has 64 heavy (non-hydrogen) atoms. The Morgan fingerprint density at radius 3 is 1.97 bits per heavy atom. The molecule has 0 aromatic heterocycles. The molecule has 10 N–H and O–H groups in total. The van der Waals surface area contributed by atoms with Gasteiger partial charge in [-0.3, -0.25) is 0 Å². The molecule has 3 heterocycles. The van der Waals surface area contributed by atoms with E-state index in [1.54, 1.807) is 6.92 Å². The van der Waals surface area contributed by atoms with E-state index in [-0.39, 0.29) is 45.7 Å². The van der Waals surface area contributed by atoms with Crippen LogP contribution in [0.5, 0.6) is 0 Å². The second kappa shape index (κ2) is 17.8. The van der Waals surface area contributed by atoms with Gasteiger partial charge in [0.05, 0.1) is 37.6 Å². The van der Waals surface area contributed by atoms with Gasteiger partial charge < -0.3 is 79.5 Å². The lowest BCUT2D eigenvalue weighted by Crippen LogP contribution is -2.65. The molecule has 8 fully saturated rings. The number of ether oxygens (including phenoxy) is 6. The number of rotatable bonds is 12. The zero-order valence-corrected chi connectivity index (χ0v) is 39.1. The summed E-state index contributed by atoms with van der Waals surface area (Å²) in [5.74, 6) is 1.65. The fourth-order valence-electron chi connectivity index (χ4n) is 15.5. The van der Waals surface area contributed by atoms with Gasteiger partial charge in [-0.1, -0.05) is 46.3 Å². The molecule has 8 aliphatic rings. The third kappa shape index (κ3) is 7.72. The van der Waals surface area contributed by atoms with E-state index in [0.717, 1.165) is 44.1 Å². The van der Waals surface area contributed by atoms with E-state index in [1.165, 1.54) is 26.2 Å². The molecule has 16 nitrogen and oxygen atoms in total. The van der Waals surface area contributed by atoms with Crippen LogP contribution in [0.3, 0.4) is 0 Å². The first kappa shape index (κ1) is 49.5. The Morgan fingerprint density at radius 1 is 0.656 bits per heavy atom. The SMILES string of the molecule is C/C(=C/C[C@@H](O)[C@@H](C)[C@H]1CC[C@]2(C)[C@H]3CC[C@@H]4C(C)(C)[C@H](O[C@H]5O[C@H](C)[C@H](O[C@@H]6O[C@@H](CO[C@H]7O[C@H](C)[C@H](O)[C@@H](O)[C@H]7O)[C@H](O)[C@@H](O)[C@H]6O)[C@H](O)[C@H]5O)CC[C@@]45C[C@@]35CC[C@]12C)CO. The van der Waals surface area contributed by atoms with Gasteiger partial charge in [0.15, 0.2) is 18.9 Å². The maximum Gasteiger partial charge on any atom is 0.187 e. The Kier molecular flexibility index (Phi) is 13.8. The van der Waals surface area contributed by atoms with E-state index in [4.69, 9.17) is 28.4 Å². The summed E-state index contributed by atoms with van der Waals surface area (Å²) < 4.78 is 35.8. The molecule has 0 amide bonds. The van der Waals surface area contributed by atoms with Crippen molar-refractivity contribution in [2.45, 2.75) is 224 Å². The molecular formula is C48H80O16. The second-order valence-corrected chi connectivity index (χ2v) is 22.8. The van der Waals surface area contributed by atoms with Gasteiger partial charge in [0.1, 0.15) is 61.0 Å². The van der Waals surface area contributed by atoms with Gasteiger partial charge >= 0.3 is 0 Å². The van der Waals surface area contributed by atoms with Crippen LogP contribution in [0.1, 0.15) is 120 Å². The van der Waals surface area contributed by atoms with Crippen LogP contribution in [0.2, 0.25) is 0 Å². The summed E-state index contributed by atoms with van der Waals surface area (Å²) in [6.45, 7) is 16.5. The van der Waals surface area contributed by atoms with Crippen molar-refractivity contribution in [3.05, 3.63) is 11.6 Å². The van der Waals surface area contributed by atoms with E-state index < -0.39 is 105 Å². The molecular weight excluding hydrogens is 833 g/mol. The highest BCUT2D eigenvalue weighted by Crippen LogP contribution is 2.89. The lowest BCUT2D eigenvalue weighted by atomic mass is 9.41. The van der Waals surface area contributed by atoms with Crippen LogP contribution < -0.4 is 0 Å². The monoisotopic (exact) mass is 913 g/mol. The van der Waals surface area contributed by atoms with Crippen molar-refractivity contribution in [3.8, 4) is 0 Å². The summed E-state index contributed by atoms with van der Waals surface area (Å²) >= 11 is 0. The average molecular weight is 913 g/mol. The maximum atomic E-state index is 11.5. The van der Waals surface area contributed by atoms with Crippen LogP contribution in [-0.4, -0.2) is 169 Å². The molecule has 5 saturated carbocycles. The van der Waals surface area contributed by atoms with Crippen molar-refractivity contribution >= 4 is 0 Å². The smallest absolute Gasteiger partial charge is 0.187 e. The Balaban J connectivity index is 0.890. The van der Waals surface area contributed by atoms with Crippen LogP contribution in [-0.2, 0) is 28.4 Å². The number of hydrogen-bond acceptors (Lipinski definition) is 16. The fraction of sp³-hybridized carbons (Fsp3) is 0.958. The zero-order chi connectivity index (χ0) is 46.6. The summed E-state index contributed by atoms with van der Waals surface area (Å²) in [6.07, 6.45) is -9.37. The Hall–Kier alpha value is -0.900. The molecule has 25 atom stereocenters. The first-order valence-electron chi connectivity index (χ1n) is 24.3. The van der Waals surface area contributed by atoms with Gasteiger partial charge in [0.25, 0.3) is 0 Å². The lowest BCUT2D eigenvalue weighted by molar-refractivity contribution is -0.368. The predicted molar refractivity (Wildman–Crippen MR) is 229 cm³/mol. The molecule has 368 valence electrons. The predicted octanol–water partition coefficient (Wildman–Crippen LogP) is 1.64. The first-order chi connectivity index (χ1) is 30.0. The number of aliphatic hydroxyl groups excluding tert-OH is 10. The fourth-order valence-corrected chi connectivity index (χ4v) is 15.5. The molecule has 16 heteroatoms. The van der Waals surface area contributed by atoms with Crippen molar-refractivity contribution in [3.63, 3.8) is 0 Å². The molecule has 5 aliphatic carbocycles. The van der Waals surface area contributed by atoms with Gasteiger partial charge in [0.2, 0.25) is 0 Å². The van der Waals surface area contributed by atoms with Crippen molar-refractivity contribution in [1.29, 1.82) is 0 Å². The van der Waals surface area contributed by atoms with Gasteiger partial charge in [-0.05, 0) is 136 Å². The molecule has 0 radical (unpaired) electrons. The van der Waals surface area contributed by atoms with Crippen molar-refractivity contribution in [2.24, 2.45) is 50.7 Å². The first-order valence-corrected chi connectivity index (χ1v) is 24.3. The van der Waals surface area contributed by atoms with Crippen molar-refractivity contribution < 1.29 is 79.5 Å². The van der Waals surface area contributed by atoms with Gasteiger partial charge in [-0.25, -0.2) is 0 Å². The van der Waals surface area contributed by atoms with E-state index in [9.17, 15) is 51.1 Å². The number of aliphatic hydroxyl groups is 10. The van der Waals surface area contributed by atoms with E-state index in [0.29, 0.717) is 24.2 Å². The van der Waals surface area contributed by atoms with Crippen LogP contribution in [0.25, 0.3) is 0 Å². The van der Waals surface area contributed by atoms with E-state index >= 15 is 0 Å². The summed E-state index contributed by atoms with van der Waals surface area (Å²) in [6, 6.07) is 0. The number of fused-ring (bicyclic) bond motifs is 2.